The SMILES string of the molecule is COCCN(CC1CC1)C(=O)c1cn2cc(C)ccc2n1. The molecule has 0 aliphatic heterocycles. The van der Waals surface area contributed by atoms with E-state index >= 15 is 0 Å². The minimum absolute atomic E-state index is 0.000281. The Bertz CT molecular complexity index is 646. The van der Waals surface area contributed by atoms with E-state index in [2.05, 4.69) is 4.98 Å². The van der Waals surface area contributed by atoms with Gasteiger partial charge in [0.15, 0.2) is 0 Å². The van der Waals surface area contributed by atoms with E-state index in [1.165, 1.54) is 12.8 Å². The Morgan fingerprint density at radius 3 is 2.95 bits per heavy atom. The second kappa shape index (κ2) is 5.85. The van der Waals surface area contributed by atoms with Crippen LogP contribution < -0.4 is 0 Å². The number of hydrogen-bond acceptors (Lipinski definition) is 3. The summed E-state index contributed by atoms with van der Waals surface area (Å²) in [6.07, 6.45) is 6.25. The summed E-state index contributed by atoms with van der Waals surface area (Å²) in [4.78, 5) is 19.0. The van der Waals surface area contributed by atoms with Gasteiger partial charge in [0, 0.05) is 32.6 Å². The smallest absolute Gasteiger partial charge is 0.274 e. The van der Waals surface area contributed by atoms with E-state index in [0.29, 0.717) is 24.8 Å². The highest BCUT2D eigenvalue weighted by Gasteiger charge is 2.28. The second-order valence-corrected chi connectivity index (χ2v) is 5.79. The van der Waals surface area contributed by atoms with E-state index in [4.69, 9.17) is 4.74 Å². The third-order valence-electron chi connectivity index (χ3n) is 3.85. The van der Waals surface area contributed by atoms with Crippen molar-refractivity contribution < 1.29 is 9.53 Å². The fourth-order valence-electron chi connectivity index (χ4n) is 2.46. The average molecular weight is 287 g/mol. The minimum Gasteiger partial charge on any atom is -0.383 e. The lowest BCUT2D eigenvalue weighted by molar-refractivity contribution is 0.0681. The first-order valence-electron chi connectivity index (χ1n) is 7.41. The van der Waals surface area contributed by atoms with Crippen molar-refractivity contribution >= 4 is 11.6 Å². The van der Waals surface area contributed by atoms with Gasteiger partial charge in [0.1, 0.15) is 11.3 Å². The molecule has 1 amide bonds. The van der Waals surface area contributed by atoms with Gasteiger partial charge in [-0.05, 0) is 37.3 Å². The number of aryl methyl sites for hydroxylation is 1. The number of aromatic nitrogens is 2. The standard InChI is InChI=1S/C16H21N3O2/c1-12-3-6-15-17-14(11-19(15)9-12)16(20)18(7-8-21-2)10-13-4-5-13/h3,6,9,11,13H,4-5,7-8,10H2,1-2H3. The van der Waals surface area contributed by atoms with Crippen LogP contribution in [-0.4, -0.2) is 47.0 Å². The van der Waals surface area contributed by atoms with Gasteiger partial charge in [-0.3, -0.25) is 4.79 Å². The molecule has 2 aromatic rings. The topological polar surface area (TPSA) is 46.8 Å². The Balaban J connectivity index is 1.81. The van der Waals surface area contributed by atoms with Crippen LogP contribution in [0.15, 0.2) is 24.5 Å². The Kier molecular flexibility index (Phi) is 3.92. The maximum absolute atomic E-state index is 12.7. The molecule has 5 heteroatoms. The molecule has 0 saturated heterocycles. The summed E-state index contributed by atoms with van der Waals surface area (Å²) in [5.74, 6) is 0.658. The van der Waals surface area contributed by atoms with Crippen LogP contribution in [0.2, 0.25) is 0 Å². The third-order valence-corrected chi connectivity index (χ3v) is 3.85. The Labute approximate surface area is 124 Å². The minimum atomic E-state index is 0.000281. The van der Waals surface area contributed by atoms with E-state index < -0.39 is 0 Å². The maximum Gasteiger partial charge on any atom is 0.274 e. The number of amides is 1. The molecule has 0 bridgehead atoms. The maximum atomic E-state index is 12.7. The molecular weight excluding hydrogens is 266 g/mol. The van der Waals surface area contributed by atoms with E-state index in [9.17, 15) is 4.79 Å². The predicted octanol–water partition coefficient (Wildman–Crippen LogP) is 2.14. The summed E-state index contributed by atoms with van der Waals surface area (Å²) in [6.45, 7) is 4.03. The summed E-state index contributed by atoms with van der Waals surface area (Å²) in [7, 11) is 1.66. The highest BCUT2D eigenvalue weighted by atomic mass is 16.5. The van der Waals surface area contributed by atoms with Crippen molar-refractivity contribution in [2.75, 3.05) is 26.8 Å². The number of methoxy groups -OCH3 is 1. The zero-order valence-electron chi connectivity index (χ0n) is 12.6. The Hall–Kier alpha value is -1.88. The normalized spacial score (nSPS) is 14.6. The molecule has 0 unspecified atom stereocenters. The molecule has 2 heterocycles. The average Bonchev–Trinajstić information content (AvgIpc) is 3.19. The van der Waals surface area contributed by atoms with Crippen LogP contribution in [0.25, 0.3) is 5.65 Å². The van der Waals surface area contributed by atoms with Gasteiger partial charge in [0.25, 0.3) is 5.91 Å². The zero-order chi connectivity index (χ0) is 14.8. The number of carbonyl (C=O) groups is 1. The molecule has 0 aromatic carbocycles. The molecule has 3 rings (SSSR count). The first-order valence-corrected chi connectivity index (χ1v) is 7.41. The van der Waals surface area contributed by atoms with Gasteiger partial charge in [-0.2, -0.15) is 0 Å². The summed E-state index contributed by atoms with van der Waals surface area (Å²) >= 11 is 0. The highest BCUT2D eigenvalue weighted by Crippen LogP contribution is 2.30. The molecule has 21 heavy (non-hydrogen) atoms. The third kappa shape index (κ3) is 3.24. The molecule has 1 saturated carbocycles. The molecule has 112 valence electrons. The van der Waals surface area contributed by atoms with Gasteiger partial charge < -0.3 is 14.0 Å². The lowest BCUT2D eigenvalue weighted by Crippen LogP contribution is -2.35. The molecule has 1 aliphatic rings. The van der Waals surface area contributed by atoms with Crippen molar-refractivity contribution in [2.24, 2.45) is 5.92 Å². The Morgan fingerprint density at radius 1 is 1.43 bits per heavy atom. The molecule has 0 radical (unpaired) electrons. The second-order valence-electron chi connectivity index (χ2n) is 5.79. The van der Waals surface area contributed by atoms with Crippen LogP contribution in [0.5, 0.6) is 0 Å². The number of rotatable bonds is 6. The van der Waals surface area contributed by atoms with Crippen molar-refractivity contribution in [3.05, 3.63) is 35.8 Å². The van der Waals surface area contributed by atoms with E-state index in [1.807, 2.05) is 40.8 Å². The summed E-state index contributed by atoms with van der Waals surface area (Å²) in [5.41, 5.74) is 2.47. The van der Waals surface area contributed by atoms with Crippen LogP contribution >= 0.6 is 0 Å². The Morgan fingerprint density at radius 2 is 2.24 bits per heavy atom. The number of pyridine rings is 1. The largest absolute Gasteiger partial charge is 0.383 e. The van der Waals surface area contributed by atoms with Gasteiger partial charge in [-0.15, -0.1) is 0 Å². The van der Waals surface area contributed by atoms with Gasteiger partial charge in [0.05, 0.1) is 6.61 Å². The number of fused-ring (bicyclic) bond motifs is 1. The van der Waals surface area contributed by atoms with Gasteiger partial charge in [-0.1, -0.05) is 6.07 Å². The number of hydrogen-bond donors (Lipinski definition) is 0. The van der Waals surface area contributed by atoms with Gasteiger partial charge >= 0.3 is 0 Å². The fourth-order valence-corrected chi connectivity index (χ4v) is 2.46. The number of imidazole rings is 1. The van der Waals surface area contributed by atoms with E-state index in [0.717, 1.165) is 17.8 Å². The first-order chi connectivity index (χ1) is 10.2. The molecular formula is C16H21N3O2. The highest BCUT2D eigenvalue weighted by molar-refractivity contribution is 5.93. The van der Waals surface area contributed by atoms with Crippen LogP contribution in [0.3, 0.4) is 0 Å². The van der Waals surface area contributed by atoms with Crippen molar-refractivity contribution in [1.29, 1.82) is 0 Å². The van der Waals surface area contributed by atoms with Crippen LogP contribution in [0.1, 0.15) is 28.9 Å². The van der Waals surface area contributed by atoms with Crippen LogP contribution in [0, 0.1) is 12.8 Å². The lowest BCUT2D eigenvalue weighted by atomic mass is 10.3. The predicted molar refractivity (Wildman–Crippen MR) is 80.4 cm³/mol. The summed E-state index contributed by atoms with van der Waals surface area (Å²) in [5, 5.41) is 0. The monoisotopic (exact) mass is 287 g/mol. The fraction of sp³-hybridized carbons (Fsp3) is 0.500. The van der Waals surface area contributed by atoms with Crippen molar-refractivity contribution in [1.82, 2.24) is 14.3 Å². The van der Waals surface area contributed by atoms with Crippen molar-refractivity contribution in [3.8, 4) is 0 Å². The van der Waals surface area contributed by atoms with E-state index in [-0.39, 0.29) is 5.91 Å². The first kappa shape index (κ1) is 14.1. The van der Waals surface area contributed by atoms with Crippen molar-refractivity contribution in [2.45, 2.75) is 19.8 Å². The molecule has 5 nitrogen and oxygen atoms in total. The van der Waals surface area contributed by atoms with Gasteiger partial charge in [0.2, 0.25) is 0 Å². The zero-order valence-corrected chi connectivity index (χ0v) is 12.6. The molecule has 0 spiro atoms. The quantitative estimate of drug-likeness (QED) is 0.818. The van der Waals surface area contributed by atoms with Crippen LogP contribution in [-0.2, 0) is 4.74 Å². The molecule has 0 N–H and O–H groups in total. The van der Waals surface area contributed by atoms with Gasteiger partial charge in [-0.25, -0.2) is 4.98 Å². The number of ether oxygens (including phenoxy) is 1. The van der Waals surface area contributed by atoms with Crippen LogP contribution in [0.4, 0.5) is 0 Å². The van der Waals surface area contributed by atoms with E-state index in [1.54, 1.807) is 7.11 Å². The van der Waals surface area contributed by atoms with Crippen molar-refractivity contribution in [3.63, 3.8) is 0 Å². The lowest BCUT2D eigenvalue weighted by Gasteiger charge is -2.21. The molecule has 0 atom stereocenters. The number of carbonyl (C=O) groups excluding carboxylic acids is 1. The molecule has 1 aliphatic carbocycles. The summed E-state index contributed by atoms with van der Waals surface area (Å²) < 4.78 is 7.03. The summed E-state index contributed by atoms with van der Waals surface area (Å²) in [6, 6.07) is 3.94. The number of nitrogens with zero attached hydrogens (tertiary/aromatic N) is 3. The molecule has 1 fully saturated rings. The molecule has 2 aromatic heterocycles.